The fraction of sp³-hybridized carbons (Fsp3) is 0.444. The predicted molar refractivity (Wildman–Crippen MR) is 87.9 cm³/mol. The minimum atomic E-state index is -0.0162. The molecule has 6 heteroatoms. The quantitative estimate of drug-likeness (QED) is 0.876. The third-order valence-electron chi connectivity index (χ3n) is 4.18. The Bertz CT molecular complexity index is 698. The van der Waals surface area contributed by atoms with Gasteiger partial charge in [-0.2, -0.15) is 0 Å². The highest BCUT2D eigenvalue weighted by molar-refractivity contribution is 5.79. The highest BCUT2D eigenvalue weighted by Crippen LogP contribution is 2.20. The molecule has 24 heavy (non-hydrogen) atoms. The standard InChI is InChI=1S/C18H22N2O4/c1-12-6-16(24-20-12)9-14-10-23-11-17(14)19-18(21)8-13-4-3-5-15(7-13)22-2/h3-7,14,17H,8-11H2,1-2H3,(H,19,21)/t14-,17+/m1/s1. The second-order valence-corrected chi connectivity index (χ2v) is 6.14. The molecule has 0 radical (unpaired) electrons. The van der Waals surface area contributed by atoms with E-state index in [0.717, 1.165) is 22.8 Å². The van der Waals surface area contributed by atoms with Crippen molar-refractivity contribution in [2.45, 2.75) is 25.8 Å². The first-order valence-electron chi connectivity index (χ1n) is 8.06. The molecule has 1 aromatic heterocycles. The van der Waals surface area contributed by atoms with Crippen LogP contribution in [0.2, 0.25) is 0 Å². The van der Waals surface area contributed by atoms with Gasteiger partial charge in [-0.25, -0.2) is 0 Å². The van der Waals surface area contributed by atoms with Crippen LogP contribution >= 0.6 is 0 Å². The number of ether oxygens (including phenoxy) is 2. The topological polar surface area (TPSA) is 73.6 Å². The summed E-state index contributed by atoms with van der Waals surface area (Å²) in [7, 11) is 1.62. The van der Waals surface area contributed by atoms with Crippen molar-refractivity contribution in [2.24, 2.45) is 5.92 Å². The first-order chi connectivity index (χ1) is 11.6. The molecule has 1 N–H and O–H groups in total. The molecule has 6 nitrogen and oxygen atoms in total. The van der Waals surface area contributed by atoms with Gasteiger partial charge in [0.2, 0.25) is 5.91 Å². The van der Waals surface area contributed by atoms with Crippen molar-refractivity contribution in [3.8, 4) is 5.75 Å². The first-order valence-corrected chi connectivity index (χ1v) is 8.06. The number of aromatic nitrogens is 1. The lowest BCUT2D eigenvalue weighted by atomic mass is 9.98. The fourth-order valence-corrected chi connectivity index (χ4v) is 2.96. The lowest BCUT2D eigenvalue weighted by molar-refractivity contribution is -0.121. The zero-order chi connectivity index (χ0) is 16.9. The van der Waals surface area contributed by atoms with Crippen molar-refractivity contribution >= 4 is 5.91 Å². The van der Waals surface area contributed by atoms with Crippen LogP contribution in [0, 0.1) is 12.8 Å². The van der Waals surface area contributed by atoms with Crippen LogP contribution in [0.15, 0.2) is 34.9 Å². The summed E-state index contributed by atoms with van der Waals surface area (Å²) in [5.41, 5.74) is 1.79. The van der Waals surface area contributed by atoms with Gasteiger partial charge < -0.3 is 19.3 Å². The average molecular weight is 330 g/mol. The number of amides is 1. The largest absolute Gasteiger partial charge is 0.497 e. The maximum absolute atomic E-state index is 12.3. The van der Waals surface area contributed by atoms with Gasteiger partial charge in [-0.3, -0.25) is 4.79 Å². The van der Waals surface area contributed by atoms with E-state index in [9.17, 15) is 4.79 Å². The molecular weight excluding hydrogens is 308 g/mol. The highest BCUT2D eigenvalue weighted by atomic mass is 16.5. The van der Waals surface area contributed by atoms with Gasteiger partial charge >= 0.3 is 0 Å². The van der Waals surface area contributed by atoms with Crippen molar-refractivity contribution in [3.63, 3.8) is 0 Å². The lowest BCUT2D eigenvalue weighted by Gasteiger charge is -2.18. The Labute approximate surface area is 141 Å². The monoisotopic (exact) mass is 330 g/mol. The van der Waals surface area contributed by atoms with Crippen LogP contribution in [0.4, 0.5) is 0 Å². The van der Waals surface area contributed by atoms with Crippen LogP contribution in [0.25, 0.3) is 0 Å². The summed E-state index contributed by atoms with van der Waals surface area (Å²) in [6.07, 6.45) is 1.03. The van der Waals surface area contributed by atoms with Gasteiger partial charge in [-0.1, -0.05) is 17.3 Å². The minimum Gasteiger partial charge on any atom is -0.497 e. The maximum atomic E-state index is 12.3. The van der Waals surface area contributed by atoms with Crippen molar-refractivity contribution in [1.82, 2.24) is 10.5 Å². The molecule has 0 spiro atoms. The Kier molecular flexibility index (Phi) is 5.15. The van der Waals surface area contributed by atoms with Gasteiger partial charge in [0.15, 0.2) is 0 Å². The summed E-state index contributed by atoms with van der Waals surface area (Å²) >= 11 is 0. The molecule has 1 fully saturated rings. The molecule has 0 bridgehead atoms. The summed E-state index contributed by atoms with van der Waals surface area (Å²) in [4.78, 5) is 12.3. The molecule has 1 aromatic carbocycles. The van der Waals surface area contributed by atoms with Gasteiger partial charge in [0.05, 0.1) is 38.5 Å². The number of carbonyl (C=O) groups is 1. The van der Waals surface area contributed by atoms with E-state index in [1.807, 2.05) is 37.3 Å². The number of nitrogens with one attached hydrogen (secondary N) is 1. The van der Waals surface area contributed by atoms with E-state index < -0.39 is 0 Å². The number of benzene rings is 1. The Morgan fingerprint density at radius 1 is 1.38 bits per heavy atom. The summed E-state index contributed by atoms with van der Waals surface area (Å²) in [6.45, 7) is 3.04. The Morgan fingerprint density at radius 2 is 2.25 bits per heavy atom. The zero-order valence-corrected chi connectivity index (χ0v) is 14.0. The number of aryl methyl sites for hydroxylation is 1. The highest BCUT2D eigenvalue weighted by Gasteiger charge is 2.30. The molecule has 1 aliphatic heterocycles. The molecule has 1 saturated heterocycles. The number of methoxy groups -OCH3 is 1. The van der Waals surface area contributed by atoms with E-state index in [2.05, 4.69) is 10.5 Å². The third kappa shape index (κ3) is 4.14. The van der Waals surface area contributed by atoms with E-state index in [-0.39, 0.29) is 17.9 Å². The normalized spacial score (nSPS) is 20.1. The molecule has 1 amide bonds. The molecule has 0 saturated carbocycles. The first kappa shape index (κ1) is 16.5. The predicted octanol–water partition coefficient (Wildman–Crippen LogP) is 1.91. The Morgan fingerprint density at radius 3 is 3.00 bits per heavy atom. The SMILES string of the molecule is COc1cccc(CC(=O)N[C@H]2COC[C@H]2Cc2cc(C)no2)c1. The summed E-state index contributed by atoms with van der Waals surface area (Å²) in [5.74, 6) is 1.77. The summed E-state index contributed by atoms with van der Waals surface area (Å²) in [6, 6.07) is 9.46. The van der Waals surface area contributed by atoms with Gasteiger partial charge in [-0.15, -0.1) is 0 Å². The van der Waals surface area contributed by atoms with Crippen LogP contribution < -0.4 is 10.1 Å². The van der Waals surface area contributed by atoms with E-state index >= 15 is 0 Å². The summed E-state index contributed by atoms with van der Waals surface area (Å²) in [5, 5.41) is 6.98. The maximum Gasteiger partial charge on any atom is 0.224 e. The second kappa shape index (κ2) is 7.49. The average Bonchev–Trinajstić information content (AvgIpc) is 3.17. The molecule has 2 aromatic rings. The van der Waals surface area contributed by atoms with Gasteiger partial charge in [0.25, 0.3) is 0 Å². The molecule has 128 valence electrons. The lowest BCUT2D eigenvalue weighted by Crippen LogP contribution is -2.41. The van der Waals surface area contributed by atoms with Crippen LogP contribution in [0.1, 0.15) is 17.0 Å². The van der Waals surface area contributed by atoms with Crippen molar-refractivity contribution in [2.75, 3.05) is 20.3 Å². The van der Waals surface area contributed by atoms with Crippen LogP contribution in [-0.4, -0.2) is 37.4 Å². The second-order valence-electron chi connectivity index (χ2n) is 6.14. The number of carbonyl (C=O) groups excluding carboxylic acids is 1. The van der Waals surface area contributed by atoms with E-state index in [1.54, 1.807) is 7.11 Å². The third-order valence-corrected chi connectivity index (χ3v) is 4.18. The molecule has 1 aliphatic rings. The molecule has 2 heterocycles. The number of hydrogen-bond donors (Lipinski definition) is 1. The number of nitrogens with zero attached hydrogens (tertiary/aromatic N) is 1. The van der Waals surface area contributed by atoms with Gasteiger partial charge in [-0.05, 0) is 24.6 Å². The van der Waals surface area contributed by atoms with Gasteiger partial charge in [0, 0.05) is 18.4 Å². The van der Waals surface area contributed by atoms with Crippen LogP contribution in [0.5, 0.6) is 5.75 Å². The number of rotatable bonds is 6. The number of hydrogen-bond acceptors (Lipinski definition) is 5. The van der Waals surface area contributed by atoms with Crippen LogP contribution in [0.3, 0.4) is 0 Å². The molecular formula is C18H22N2O4. The van der Waals surface area contributed by atoms with E-state index in [0.29, 0.717) is 26.1 Å². The van der Waals surface area contributed by atoms with E-state index in [1.165, 1.54) is 0 Å². The minimum absolute atomic E-state index is 0.00601. The zero-order valence-electron chi connectivity index (χ0n) is 14.0. The fourth-order valence-electron chi connectivity index (χ4n) is 2.96. The van der Waals surface area contributed by atoms with E-state index in [4.69, 9.17) is 14.0 Å². The van der Waals surface area contributed by atoms with Crippen molar-refractivity contribution in [1.29, 1.82) is 0 Å². The van der Waals surface area contributed by atoms with Crippen molar-refractivity contribution < 1.29 is 18.8 Å². The smallest absolute Gasteiger partial charge is 0.224 e. The molecule has 3 rings (SSSR count). The molecule has 0 aliphatic carbocycles. The molecule has 0 unspecified atom stereocenters. The van der Waals surface area contributed by atoms with Crippen LogP contribution in [-0.2, 0) is 22.4 Å². The summed E-state index contributed by atoms with van der Waals surface area (Å²) < 4.78 is 16.0. The Hall–Kier alpha value is -2.34. The van der Waals surface area contributed by atoms with Crippen molar-refractivity contribution in [3.05, 3.63) is 47.3 Å². The van der Waals surface area contributed by atoms with Gasteiger partial charge in [0.1, 0.15) is 11.5 Å². The Balaban J connectivity index is 1.56. The molecule has 2 atom stereocenters.